The number of carbonyl (C=O) groups excluding carboxylic acids is 2. The smallest absolute Gasteiger partial charge is 0.262 e. The van der Waals surface area contributed by atoms with Crippen LogP contribution in [0, 0.1) is 0 Å². The molecule has 0 radical (unpaired) electrons. The fraction of sp³-hybridized carbons (Fsp3) is 0.150. The Hall–Kier alpha value is -4.21. The third-order valence-corrected chi connectivity index (χ3v) is 3.95. The van der Waals surface area contributed by atoms with E-state index in [4.69, 9.17) is 9.47 Å². The minimum Gasteiger partial charge on any atom is -0.497 e. The highest BCUT2D eigenvalue weighted by Gasteiger charge is 2.09. The second kappa shape index (κ2) is 9.82. The summed E-state index contributed by atoms with van der Waals surface area (Å²) in [6.45, 7) is -0.198. The number of carbonyl (C=O) groups is 2. The van der Waals surface area contributed by atoms with Crippen LogP contribution in [-0.4, -0.2) is 46.2 Å². The normalized spacial score (nSPS) is 10.6. The number of nitrogens with one attached hydrogen (secondary N) is 2. The number of hydrazine groups is 1. The van der Waals surface area contributed by atoms with Crippen molar-refractivity contribution < 1.29 is 19.1 Å². The molecule has 0 unspecified atom stereocenters. The first kappa shape index (κ1) is 20.5. The summed E-state index contributed by atoms with van der Waals surface area (Å²) in [5.74, 6) is 0.573. The molecule has 10 nitrogen and oxygen atoms in total. The third-order valence-electron chi connectivity index (χ3n) is 3.95. The van der Waals surface area contributed by atoms with Crippen LogP contribution in [0.2, 0.25) is 0 Å². The number of ether oxygens (including phenoxy) is 2. The van der Waals surface area contributed by atoms with Gasteiger partial charge in [0, 0.05) is 23.3 Å². The van der Waals surface area contributed by atoms with E-state index >= 15 is 0 Å². The minimum absolute atomic E-state index is 0.198. The molecule has 1 aromatic heterocycles. The van der Waals surface area contributed by atoms with Gasteiger partial charge in [0.15, 0.2) is 0 Å². The van der Waals surface area contributed by atoms with E-state index in [1.165, 1.54) is 13.2 Å². The maximum absolute atomic E-state index is 12.0. The van der Waals surface area contributed by atoms with Gasteiger partial charge in [0.1, 0.15) is 18.0 Å². The van der Waals surface area contributed by atoms with Gasteiger partial charge in [0.2, 0.25) is 5.82 Å². The number of hydrogen-bond acceptors (Lipinski definition) is 7. The average molecular weight is 408 g/mol. The first-order valence-electron chi connectivity index (χ1n) is 8.91. The molecular formula is C20H20N6O4. The van der Waals surface area contributed by atoms with Crippen LogP contribution in [0.5, 0.6) is 11.5 Å². The van der Waals surface area contributed by atoms with Gasteiger partial charge in [0.25, 0.3) is 11.8 Å². The molecule has 0 aliphatic rings. The first-order chi connectivity index (χ1) is 14.6. The largest absolute Gasteiger partial charge is 0.497 e. The van der Waals surface area contributed by atoms with E-state index in [1.807, 2.05) is 30.3 Å². The number of nitrogens with zero attached hydrogens (tertiary/aromatic N) is 4. The Balaban J connectivity index is 1.51. The number of tetrazole rings is 1. The Bertz CT molecular complexity index is 1050. The summed E-state index contributed by atoms with van der Waals surface area (Å²) in [4.78, 5) is 25.1. The Morgan fingerprint density at radius 3 is 2.60 bits per heavy atom. The van der Waals surface area contributed by atoms with Crippen molar-refractivity contribution in [3.05, 3.63) is 60.2 Å². The van der Waals surface area contributed by atoms with Gasteiger partial charge in [0.05, 0.1) is 14.2 Å². The summed E-state index contributed by atoms with van der Waals surface area (Å²) >= 11 is 0. The zero-order chi connectivity index (χ0) is 21.3. The van der Waals surface area contributed by atoms with Gasteiger partial charge in [-0.05, 0) is 23.4 Å². The number of benzene rings is 2. The van der Waals surface area contributed by atoms with Crippen molar-refractivity contribution in [3.8, 4) is 22.9 Å². The van der Waals surface area contributed by atoms with E-state index in [9.17, 15) is 9.59 Å². The molecule has 154 valence electrons. The van der Waals surface area contributed by atoms with Crippen LogP contribution in [-0.2, 0) is 16.1 Å². The predicted octanol–water partition coefficient (Wildman–Crippen LogP) is 1.22. The van der Waals surface area contributed by atoms with Gasteiger partial charge in [-0.1, -0.05) is 30.3 Å². The second-order valence-corrected chi connectivity index (χ2v) is 5.99. The maximum atomic E-state index is 12.0. The molecule has 2 N–H and O–H groups in total. The molecular weight excluding hydrogens is 388 g/mol. The molecule has 0 atom stereocenters. The fourth-order valence-corrected chi connectivity index (χ4v) is 2.48. The van der Waals surface area contributed by atoms with Gasteiger partial charge in [-0.2, -0.15) is 4.80 Å². The lowest BCUT2D eigenvalue weighted by Crippen LogP contribution is -2.42. The topological polar surface area (TPSA) is 120 Å². The van der Waals surface area contributed by atoms with E-state index in [0.29, 0.717) is 22.9 Å². The van der Waals surface area contributed by atoms with E-state index in [2.05, 4.69) is 26.3 Å². The number of amides is 2. The maximum Gasteiger partial charge on any atom is 0.262 e. The van der Waals surface area contributed by atoms with E-state index in [1.54, 1.807) is 31.4 Å². The molecule has 0 saturated heterocycles. The molecule has 0 aliphatic carbocycles. The van der Waals surface area contributed by atoms with Gasteiger partial charge in [-0.25, -0.2) is 0 Å². The van der Waals surface area contributed by atoms with Crippen LogP contribution in [0.15, 0.2) is 54.6 Å². The lowest BCUT2D eigenvalue weighted by atomic mass is 10.1. The van der Waals surface area contributed by atoms with Crippen LogP contribution in [0.4, 0.5) is 0 Å². The second-order valence-electron chi connectivity index (χ2n) is 5.99. The zero-order valence-corrected chi connectivity index (χ0v) is 16.4. The van der Waals surface area contributed by atoms with Crippen LogP contribution in [0.1, 0.15) is 5.56 Å². The zero-order valence-electron chi connectivity index (χ0n) is 16.4. The van der Waals surface area contributed by atoms with Gasteiger partial charge < -0.3 is 9.47 Å². The molecule has 0 spiro atoms. The fourth-order valence-electron chi connectivity index (χ4n) is 2.48. The van der Waals surface area contributed by atoms with Crippen molar-refractivity contribution >= 4 is 17.9 Å². The SMILES string of the molecule is COc1ccc(/C=C/C(=O)NNC(=O)Cn2nnc(-c3ccccc3)n2)c(OC)c1. The number of rotatable bonds is 7. The lowest BCUT2D eigenvalue weighted by molar-refractivity contribution is -0.127. The summed E-state index contributed by atoms with van der Waals surface area (Å²) in [7, 11) is 3.07. The van der Waals surface area contributed by atoms with E-state index in [-0.39, 0.29) is 6.54 Å². The molecule has 2 amide bonds. The van der Waals surface area contributed by atoms with Crippen LogP contribution >= 0.6 is 0 Å². The molecule has 0 saturated carbocycles. The average Bonchev–Trinajstić information content (AvgIpc) is 3.25. The minimum atomic E-state index is -0.516. The summed E-state index contributed by atoms with van der Waals surface area (Å²) in [6.07, 6.45) is 2.83. The van der Waals surface area contributed by atoms with Crippen molar-refractivity contribution in [2.45, 2.75) is 6.54 Å². The Morgan fingerprint density at radius 2 is 1.87 bits per heavy atom. The highest BCUT2D eigenvalue weighted by molar-refractivity contribution is 5.93. The molecule has 3 aromatic rings. The molecule has 0 fully saturated rings. The van der Waals surface area contributed by atoms with Crippen LogP contribution in [0.25, 0.3) is 17.5 Å². The molecule has 3 rings (SSSR count). The Kier molecular flexibility index (Phi) is 6.72. The third kappa shape index (κ3) is 5.41. The predicted molar refractivity (Wildman–Crippen MR) is 108 cm³/mol. The molecule has 30 heavy (non-hydrogen) atoms. The van der Waals surface area contributed by atoms with Gasteiger partial charge in [-0.15, -0.1) is 10.2 Å². The van der Waals surface area contributed by atoms with Crippen LogP contribution in [0.3, 0.4) is 0 Å². The molecule has 0 bridgehead atoms. The summed E-state index contributed by atoms with van der Waals surface area (Å²) in [5.41, 5.74) is 6.05. The van der Waals surface area contributed by atoms with Gasteiger partial charge >= 0.3 is 0 Å². The summed E-state index contributed by atoms with van der Waals surface area (Å²) in [6, 6.07) is 14.5. The van der Waals surface area contributed by atoms with E-state index in [0.717, 1.165) is 10.4 Å². The van der Waals surface area contributed by atoms with Gasteiger partial charge in [-0.3, -0.25) is 20.4 Å². The molecule has 2 aromatic carbocycles. The Labute approximate surface area is 172 Å². The standard InChI is InChI=1S/C20H20N6O4/c1-29-16-10-8-14(17(12-16)30-2)9-11-18(27)21-22-19(28)13-26-24-20(23-25-26)15-6-4-3-5-7-15/h3-12H,13H2,1-2H3,(H,21,27)(H,22,28)/b11-9+. The Morgan fingerprint density at radius 1 is 1.07 bits per heavy atom. The highest BCUT2D eigenvalue weighted by atomic mass is 16.5. The number of hydrogen-bond donors (Lipinski definition) is 2. The van der Waals surface area contributed by atoms with Crippen molar-refractivity contribution in [1.82, 2.24) is 31.1 Å². The van der Waals surface area contributed by atoms with E-state index < -0.39 is 11.8 Å². The monoisotopic (exact) mass is 408 g/mol. The number of aromatic nitrogens is 4. The molecule has 10 heteroatoms. The lowest BCUT2D eigenvalue weighted by Gasteiger charge is -2.07. The molecule has 0 aliphatic heterocycles. The van der Waals surface area contributed by atoms with Crippen molar-refractivity contribution in [3.63, 3.8) is 0 Å². The van der Waals surface area contributed by atoms with Crippen molar-refractivity contribution in [2.24, 2.45) is 0 Å². The quantitative estimate of drug-likeness (QED) is 0.445. The van der Waals surface area contributed by atoms with Crippen LogP contribution < -0.4 is 20.3 Å². The first-order valence-corrected chi connectivity index (χ1v) is 8.91. The van der Waals surface area contributed by atoms with Crippen molar-refractivity contribution in [2.75, 3.05) is 14.2 Å². The summed E-state index contributed by atoms with van der Waals surface area (Å²) in [5, 5.41) is 11.9. The highest BCUT2D eigenvalue weighted by Crippen LogP contribution is 2.25. The van der Waals surface area contributed by atoms with Crippen molar-refractivity contribution in [1.29, 1.82) is 0 Å². The molecule has 1 heterocycles. The number of methoxy groups -OCH3 is 2. The summed E-state index contributed by atoms with van der Waals surface area (Å²) < 4.78 is 10.4.